The molecule has 0 aliphatic heterocycles. The molecule has 0 saturated carbocycles. The van der Waals surface area contributed by atoms with Crippen LogP contribution < -0.4 is 0 Å². The first-order valence-electron chi connectivity index (χ1n) is 5.34. The van der Waals surface area contributed by atoms with Crippen molar-refractivity contribution in [3.63, 3.8) is 0 Å². The molecular weight excluding hydrogens is 271 g/mol. The fourth-order valence-electron chi connectivity index (χ4n) is 1.73. The lowest BCUT2D eigenvalue weighted by Crippen LogP contribution is -2.04. The van der Waals surface area contributed by atoms with Gasteiger partial charge in [-0.3, -0.25) is 9.48 Å². The molecule has 0 spiro atoms. The minimum Gasteiger partial charge on any atom is -0.288 e. The van der Waals surface area contributed by atoms with Gasteiger partial charge in [-0.15, -0.1) is 0 Å². The molecule has 0 unspecified atom stereocenters. The van der Waals surface area contributed by atoms with E-state index in [-0.39, 0.29) is 5.78 Å². The van der Waals surface area contributed by atoms with Gasteiger partial charge in [-0.1, -0.05) is 23.2 Å². The standard InChI is InChI=1S/C13H11Cl2N2O/c1-7-11(14)5-4-9(12(7)15)13(18)10-6-17(3)16-8(10)2/h4-5H,1-3H3. The number of carbonyl (C=O) groups excluding carboxylic acids is 1. The lowest BCUT2D eigenvalue weighted by Gasteiger charge is -2.06. The minimum atomic E-state index is -0.189. The average Bonchev–Trinajstić information content (AvgIpc) is 2.65. The highest BCUT2D eigenvalue weighted by Gasteiger charge is 2.19. The molecule has 18 heavy (non-hydrogen) atoms. The van der Waals surface area contributed by atoms with E-state index in [4.69, 9.17) is 23.2 Å². The molecule has 0 amide bonds. The number of hydrogen-bond donors (Lipinski definition) is 0. The molecule has 1 aromatic heterocycles. The molecule has 0 fully saturated rings. The monoisotopic (exact) mass is 281 g/mol. The van der Waals surface area contributed by atoms with E-state index in [9.17, 15) is 4.79 Å². The largest absolute Gasteiger partial charge is 0.288 e. The predicted octanol–water partition coefficient (Wildman–Crippen LogP) is 3.37. The number of aromatic nitrogens is 2. The van der Waals surface area contributed by atoms with Crippen LogP contribution in [0.3, 0.4) is 0 Å². The SMILES string of the molecule is Cc1nn(C)[c]c1C(=O)c1ccc(Cl)c(C)c1Cl. The molecule has 0 N–H and O–H groups in total. The van der Waals surface area contributed by atoms with Crippen molar-refractivity contribution in [1.29, 1.82) is 0 Å². The van der Waals surface area contributed by atoms with Gasteiger partial charge in [-0.05, 0) is 31.5 Å². The Bertz CT molecular complexity index is 632. The fourth-order valence-corrected chi connectivity index (χ4v) is 2.19. The van der Waals surface area contributed by atoms with Crippen molar-refractivity contribution in [3.8, 4) is 0 Å². The second-order valence-electron chi connectivity index (χ2n) is 4.06. The topological polar surface area (TPSA) is 34.9 Å². The Morgan fingerprint density at radius 2 is 2.00 bits per heavy atom. The first kappa shape index (κ1) is 13.1. The molecule has 0 aliphatic rings. The summed E-state index contributed by atoms with van der Waals surface area (Å²) in [6.07, 6.45) is 2.87. The molecule has 1 aromatic carbocycles. The Morgan fingerprint density at radius 1 is 1.33 bits per heavy atom. The Morgan fingerprint density at radius 3 is 2.56 bits per heavy atom. The van der Waals surface area contributed by atoms with Gasteiger partial charge in [0.1, 0.15) is 0 Å². The summed E-state index contributed by atoms with van der Waals surface area (Å²) in [4.78, 5) is 12.4. The van der Waals surface area contributed by atoms with Crippen molar-refractivity contribution in [2.45, 2.75) is 13.8 Å². The van der Waals surface area contributed by atoms with Crippen LogP contribution >= 0.6 is 23.2 Å². The molecule has 3 nitrogen and oxygen atoms in total. The van der Waals surface area contributed by atoms with E-state index in [0.717, 1.165) is 0 Å². The summed E-state index contributed by atoms with van der Waals surface area (Å²) in [5.74, 6) is -0.189. The predicted molar refractivity (Wildman–Crippen MR) is 71.4 cm³/mol. The van der Waals surface area contributed by atoms with Crippen LogP contribution in [-0.2, 0) is 7.05 Å². The first-order chi connectivity index (χ1) is 8.41. The number of hydrogen-bond acceptors (Lipinski definition) is 2. The highest BCUT2D eigenvalue weighted by Crippen LogP contribution is 2.29. The highest BCUT2D eigenvalue weighted by molar-refractivity contribution is 6.38. The summed E-state index contributed by atoms with van der Waals surface area (Å²) in [6, 6.07) is 3.29. The zero-order chi connectivity index (χ0) is 13.4. The maximum Gasteiger partial charge on any atom is 0.198 e. The molecular formula is C13H11Cl2N2O. The van der Waals surface area contributed by atoms with Crippen LogP contribution in [0.15, 0.2) is 12.1 Å². The maximum atomic E-state index is 12.4. The van der Waals surface area contributed by atoms with Crippen molar-refractivity contribution < 1.29 is 4.79 Å². The summed E-state index contributed by atoms with van der Waals surface area (Å²) in [5, 5.41) is 5.02. The van der Waals surface area contributed by atoms with E-state index in [2.05, 4.69) is 11.3 Å². The summed E-state index contributed by atoms with van der Waals surface area (Å²) >= 11 is 12.1. The summed E-state index contributed by atoms with van der Waals surface area (Å²) in [5.41, 5.74) is 2.18. The normalized spacial score (nSPS) is 10.7. The molecule has 5 heteroatoms. The Labute approximate surface area is 115 Å². The average molecular weight is 282 g/mol. The number of ketones is 1. The summed E-state index contributed by atoms with van der Waals surface area (Å²) in [7, 11) is 1.72. The van der Waals surface area contributed by atoms with Gasteiger partial charge in [0.15, 0.2) is 5.78 Å². The number of carbonyl (C=O) groups is 1. The second-order valence-corrected chi connectivity index (χ2v) is 4.84. The Kier molecular flexibility index (Phi) is 3.46. The zero-order valence-electron chi connectivity index (χ0n) is 10.2. The van der Waals surface area contributed by atoms with Crippen molar-refractivity contribution in [2.24, 2.45) is 7.05 Å². The van der Waals surface area contributed by atoms with Gasteiger partial charge in [0, 0.05) is 17.6 Å². The van der Waals surface area contributed by atoms with Crippen LogP contribution in [0.2, 0.25) is 10.0 Å². The Hall–Kier alpha value is -1.32. The van der Waals surface area contributed by atoms with E-state index in [1.807, 2.05) is 0 Å². The second kappa shape index (κ2) is 4.75. The van der Waals surface area contributed by atoms with Gasteiger partial charge in [-0.2, -0.15) is 5.10 Å². The van der Waals surface area contributed by atoms with E-state index in [1.54, 1.807) is 33.0 Å². The number of rotatable bonds is 2. The van der Waals surface area contributed by atoms with Gasteiger partial charge in [0.25, 0.3) is 0 Å². The van der Waals surface area contributed by atoms with E-state index < -0.39 is 0 Å². The lowest BCUT2D eigenvalue weighted by molar-refractivity contribution is 0.103. The third-order valence-corrected chi connectivity index (χ3v) is 3.62. The lowest BCUT2D eigenvalue weighted by atomic mass is 10.0. The van der Waals surface area contributed by atoms with Crippen molar-refractivity contribution in [1.82, 2.24) is 9.78 Å². The molecule has 2 aromatic rings. The van der Waals surface area contributed by atoms with Crippen molar-refractivity contribution in [3.05, 3.63) is 50.8 Å². The summed E-state index contributed by atoms with van der Waals surface area (Å²) < 4.78 is 1.49. The smallest absolute Gasteiger partial charge is 0.198 e. The molecule has 0 aliphatic carbocycles. The Balaban J connectivity index is 2.53. The molecule has 1 radical (unpaired) electrons. The van der Waals surface area contributed by atoms with E-state index >= 15 is 0 Å². The van der Waals surface area contributed by atoms with Crippen LogP contribution in [-0.4, -0.2) is 15.6 Å². The van der Waals surface area contributed by atoms with Crippen LogP contribution in [0, 0.1) is 20.0 Å². The van der Waals surface area contributed by atoms with Gasteiger partial charge < -0.3 is 0 Å². The van der Waals surface area contributed by atoms with Gasteiger partial charge in [0.2, 0.25) is 0 Å². The molecule has 1 heterocycles. The maximum absolute atomic E-state index is 12.4. The van der Waals surface area contributed by atoms with Crippen LogP contribution in [0.25, 0.3) is 0 Å². The van der Waals surface area contributed by atoms with Crippen molar-refractivity contribution >= 4 is 29.0 Å². The van der Waals surface area contributed by atoms with Crippen molar-refractivity contribution in [2.75, 3.05) is 0 Å². The molecule has 0 bridgehead atoms. The first-order valence-corrected chi connectivity index (χ1v) is 6.09. The molecule has 0 saturated heterocycles. The fraction of sp³-hybridized carbons (Fsp3) is 0.231. The van der Waals surface area contributed by atoms with Crippen LogP contribution in [0.1, 0.15) is 27.2 Å². The summed E-state index contributed by atoms with van der Waals surface area (Å²) in [6.45, 7) is 3.54. The van der Waals surface area contributed by atoms with E-state index in [0.29, 0.717) is 32.4 Å². The zero-order valence-corrected chi connectivity index (χ0v) is 11.7. The van der Waals surface area contributed by atoms with Gasteiger partial charge in [-0.25, -0.2) is 0 Å². The third-order valence-electron chi connectivity index (χ3n) is 2.73. The molecule has 93 valence electrons. The number of halogens is 2. The van der Waals surface area contributed by atoms with E-state index in [1.165, 1.54) is 4.68 Å². The number of aryl methyl sites for hydroxylation is 2. The number of benzene rings is 1. The van der Waals surface area contributed by atoms with Gasteiger partial charge in [0.05, 0.1) is 22.5 Å². The quantitative estimate of drug-likeness (QED) is 0.791. The van der Waals surface area contributed by atoms with Gasteiger partial charge >= 0.3 is 0 Å². The number of nitrogens with zero attached hydrogens (tertiary/aromatic N) is 2. The highest BCUT2D eigenvalue weighted by atomic mass is 35.5. The minimum absolute atomic E-state index is 0.189. The van der Waals surface area contributed by atoms with Crippen LogP contribution in [0.5, 0.6) is 0 Å². The molecule has 0 atom stereocenters. The van der Waals surface area contributed by atoms with Crippen LogP contribution in [0.4, 0.5) is 0 Å². The third kappa shape index (κ3) is 2.16. The molecule has 2 rings (SSSR count).